The van der Waals surface area contributed by atoms with Crippen LogP contribution in [-0.2, 0) is 0 Å². The number of rotatable bonds is 0. The van der Waals surface area contributed by atoms with E-state index in [2.05, 4.69) is 0 Å². The van der Waals surface area contributed by atoms with Gasteiger partial charge in [0, 0.05) is 11.4 Å². The van der Waals surface area contributed by atoms with E-state index in [0.717, 1.165) is 12.8 Å². The fourth-order valence-electron chi connectivity index (χ4n) is 0.943. The molecule has 1 aliphatic carbocycles. The summed E-state index contributed by atoms with van der Waals surface area (Å²) < 4.78 is 0. The maximum atomic E-state index is 5.74. The molecule has 1 aliphatic rings. The largest absolute Gasteiger partial charge is 0.326 e. The van der Waals surface area contributed by atoms with Crippen molar-refractivity contribution in [3.8, 4) is 0 Å². The summed E-state index contributed by atoms with van der Waals surface area (Å²) in [5, 5.41) is 0.264. The van der Waals surface area contributed by atoms with Crippen molar-refractivity contribution in [1.82, 2.24) is 0 Å². The first kappa shape index (κ1) is 5.39. The van der Waals surface area contributed by atoms with Crippen molar-refractivity contribution in [3.63, 3.8) is 0 Å². The van der Waals surface area contributed by atoms with E-state index in [1.54, 1.807) is 0 Å². The Hall–Kier alpha value is 0.250. The lowest BCUT2D eigenvalue weighted by atomic mass is 10.3. The van der Waals surface area contributed by atoms with Crippen molar-refractivity contribution in [1.29, 1.82) is 0 Å². The maximum absolute atomic E-state index is 5.74. The van der Waals surface area contributed by atoms with Gasteiger partial charge in [0.1, 0.15) is 0 Å². The maximum Gasteiger partial charge on any atom is 0.0487 e. The zero-order chi connectivity index (χ0) is 5.28. The van der Waals surface area contributed by atoms with Gasteiger partial charge in [-0.25, -0.2) is 0 Å². The van der Waals surface area contributed by atoms with Gasteiger partial charge in [-0.15, -0.1) is 11.6 Å². The van der Waals surface area contributed by atoms with Crippen molar-refractivity contribution in [2.45, 2.75) is 30.7 Å². The molecular formula is C5H10ClN. The second-order valence-corrected chi connectivity index (χ2v) is 2.67. The van der Waals surface area contributed by atoms with Crippen LogP contribution in [0.15, 0.2) is 0 Å². The average molecular weight is 120 g/mol. The van der Waals surface area contributed by atoms with E-state index < -0.39 is 0 Å². The summed E-state index contributed by atoms with van der Waals surface area (Å²) in [6.45, 7) is 0. The number of hydrogen-bond donors (Lipinski definition) is 1. The topological polar surface area (TPSA) is 26.0 Å². The first-order valence-electron chi connectivity index (χ1n) is 2.70. The Kier molecular flexibility index (Phi) is 1.55. The van der Waals surface area contributed by atoms with E-state index in [-0.39, 0.29) is 11.4 Å². The predicted molar refractivity (Wildman–Crippen MR) is 31.5 cm³/mol. The monoisotopic (exact) mass is 119 g/mol. The number of alkyl halides is 1. The van der Waals surface area contributed by atoms with Crippen LogP contribution < -0.4 is 5.73 Å². The highest BCUT2D eigenvalue weighted by atomic mass is 35.5. The van der Waals surface area contributed by atoms with Crippen molar-refractivity contribution in [2.75, 3.05) is 0 Å². The summed E-state index contributed by atoms with van der Waals surface area (Å²) in [6, 6.07) is 0.279. The molecule has 1 fully saturated rings. The van der Waals surface area contributed by atoms with Crippen LogP contribution in [0.3, 0.4) is 0 Å². The van der Waals surface area contributed by atoms with Crippen molar-refractivity contribution in [3.05, 3.63) is 0 Å². The highest BCUT2D eigenvalue weighted by molar-refractivity contribution is 6.21. The van der Waals surface area contributed by atoms with Gasteiger partial charge in [-0.3, -0.25) is 0 Å². The van der Waals surface area contributed by atoms with Gasteiger partial charge in [0.05, 0.1) is 0 Å². The number of halogens is 1. The van der Waals surface area contributed by atoms with Gasteiger partial charge in [-0.1, -0.05) is 6.42 Å². The lowest BCUT2D eigenvalue weighted by Crippen LogP contribution is -2.24. The molecule has 42 valence electrons. The molecule has 0 radical (unpaired) electrons. The minimum atomic E-state index is 0.264. The van der Waals surface area contributed by atoms with Gasteiger partial charge in [-0.2, -0.15) is 0 Å². The standard InChI is InChI=1S/C5H10ClN/c6-4-2-1-3-5(4)7/h4-5H,1-3,7H2/t4?,5-/m1/s1. The molecule has 0 saturated heterocycles. The van der Waals surface area contributed by atoms with E-state index in [1.165, 1.54) is 6.42 Å². The molecule has 0 heterocycles. The minimum absolute atomic E-state index is 0.264. The molecule has 0 aromatic heterocycles. The van der Waals surface area contributed by atoms with Gasteiger partial charge in [0.25, 0.3) is 0 Å². The molecule has 0 amide bonds. The molecule has 0 aliphatic heterocycles. The lowest BCUT2D eigenvalue weighted by molar-refractivity contribution is 0.710. The first-order chi connectivity index (χ1) is 3.30. The fraction of sp³-hybridized carbons (Fsp3) is 1.00. The molecule has 2 heteroatoms. The first-order valence-corrected chi connectivity index (χ1v) is 3.14. The molecule has 1 rings (SSSR count). The third-order valence-corrected chi connectivity index (χ3v) is 2.02. The molecule has 1 unspecified atom stereocenters. The van der Waals surface area contributed by atoms with Gasteiger partial charge < -0.3 is 5.73 Å². The highest BCUT2D eigenvalue weighted by Gasteiger charge is 2.20. The van der Waals surface area contributed by atoms with Crippen LogP contribution in [0.25, 0.3) is 0 Å². The van der Waals surface area contributed by atoms with Crippen LogP contribution in [0.5, 0.6) is 0 Å². The van der Waals surface area contributed by atoms with Gasteiger partial charge in [0.15, 0.2) is 0 Å². The molecule has 1 nitrogen and oxygen atoms in total. The smallest absolute Gasteiger partial charge is 0.0487 e. The summed E-state index contributed by atoms with van der Waals surface area (Å²) in [7, 11) is 0. The van der Waals surface area contributed by atoms with Gasteiger partial charge in [-0.05, 0) is 12.8 Å². The summed E-state index contributed by atoms with van der Waals surface area (Å²) in [6.07, 6.45) is 3.45. The Morgan fingerprint density at radius 3 is 2.29 bits per heavy atom. The van der Waals surface area contributed by atoms with Crippen molar-refractivity contribution >= 4 is 11.6 Å². The molecule has 0 spiro atoms. The van der Waals surface area contributed by atoms with Crippen LogP contribution in [0.1, 0.15) is 19.3 Å². The predicted octanol–water partition coefficient (Wildman–Crippen LogP) is 1.10. The third kappa shape index (κ3) is 1.07. The van der Waals surface area contributed by atoms with Crippen LogP contribution in [0, 0.1) is 0 Å². The van der Waals surface area contributed by atoms with E-state index in [4.69, 9.17) is 17.3 Å². The SMILES string of the molecule is N[C@@H]1CCCC1Cl. The molecule has 7 heavy (non-hydrogen) atoms. The summed E-state index contributed by atoms with van der Waals surface area (Å²) >= 11 is 5.74. The average Bonchev–Trinajstić information content (AvgIpc) is 1.91. The Bertz CT molecular complexity index is 57.1. The highest BCUT2D eigenvalue weighted by Crippen LogP contribution is 2.21. The van der Waals surface area contributed by atoms with Crippen LogP contribution in [0.2, 0.25) is 0 Å². The minimum Gasteiger partial charge on any atom is -0.326 e. The summed E-state index contributed by atoms with van der Waals surface area (Å²) in [4.78, 5) is 0. The molecular weight excluding hydrogens is 110 g/mol. The Labute approximate surface area is 48.8 Å². The molecule has 0 aromatic carbocycles. The molecule has 1 saturated carbocycles. The summed E-state index contributed by atoms with van der Waals surface area (Å²) in [5.74, 6) is 0. The van der Waals surface area contributed by atoms with Crippen LogP contribution >= 0.6 is 11.6 Å². The normalized spacial score (nSPS) is 42.0. The molecule has 0 bridgehead atoms. The second-order valence-electron chi connectivity index (χ2n) is 2.11. The van der Waals surface area contributed by atoms with E-state index in [1.807, 2.05) is 0 Å². The Morgan fingerprint density at radius 1 is 1.43 bits per heavy atom. The van der Waals surface area contributed by atoms with E-state index in [9.17, 15) is 0 Å². The van der Waals surface area contributed by atoms with Crippen molar-refractivity contribution in [2.24, 2.45) is 5.73 Å². The van der Waals surface area contributed by atoms with E-state index in [0.29, 0.717) is 0 Å². The molecule has 0 aromatic rings. The van der Waals surface area contributed by atoms with E-state index >= 15 is 0 Å². The van der Waals surface area contributed by atoms with Crippen LogP contribution in [0.4, 0.5) is 0 Å². The zero-order valence-electron chi connectivity index (χ0n) is 4.23. The summed E-state index contributed by atoms with van der Waals surface area (Å²) in [5.41, 5.74) is 5.55. The van der Waals surface area contributed by atoms with Gasteiger partial charge >= 0.3 is 0 Å². The number of nitrogens with two attached hydrogens (primary N) is 1. The Balaban J connectivity index is 2.33. The second kappa shape index (κ2) is 2.01. The van der Waals surface area contributed by atoms with Gasteiger partial charge in [0.2, 0.25) is 0 Å². The lowest BCUT2D eigenvalue weighted by Gasteiger charge is -2.03. The quantitative estimate of drug-likeness (QED) is 0.475. The molecule has 2 atom stereocenters. The van der Waals surface area contributed by atoms with Crippen molar-refractivity contribution < 1.29 is 0 Å². The van der Waals surface area contributed by atoms with Crippen LogP contribution in [-0.4, -0.2) is 11.4 Å². The molecule has 2 N–H and O–H groups in total. The third-order valence-electron chi connectivity index (χ3n) is 1.48. The number of hydrogen-bond acceptors (Lipinski definition) is 1. The zero-order valence-corrected chi connectivity index (χ0v) is 4.99. The Morgan fingerprint density at radius 2 is 2.14 bits per heavy atom. The fourth-order valence-corrected chi connectivity index (χ4v) is 1.22.